The highest BCUT2D eigenvalue weighted by Gasteiger charge is 2.18. The van der Waals surface area contributed by atoms with E-state index in [2.05, 4.69) is 18.3 Å². The Morgan fingerprint density at radius 2 is 1.85 bits per heavy atom. The van der Waals surface area contributed by atoms with Gasteiger partial charge in [-0.05, 0) is 43.1 Å². The number of nitrogens with one attached hydrogen (secondary N) is 1. The van der Waals surface area contributed by atoms with Crippen LogP contribution in [0.2, 0.25) is 0 Å². The predicted molar refractivity (Wildman–Crippen MR) is 77.8 cm³/mol. The van der Waals surface area contributed by atoms with E-state index >= 15 is 0 Å². The predicted octanol–water partition coefficient (Wildman–Crippen LogP) is 4.14. The summed E-state index contributed by atoms with van der Waals surface area (Å²) in [4.78, 5) is 0. The Morgan fingerprint density at radius 3 is 2.50 bits per heavy atom. The Bertz CT molecular complexity index is 608. The molecule has 3 heteroatoms. The van der Waals surface area contributed by atoms with Gasteiger partial charge in [0.2, 0.25) is 0 Å². The minimum absolute atomic E-state index is 0.277. The average molecular weight is 275 g/mol. The highest BCUT2D eigenvalue weighted by molar-refractivity contribution is 5.37. The maximum atomic E-state index is 14.1. The van der Waals surface area contributed by atoms with Crippen LogP contribution in [0, 0.1) is 18.6 Å². The summed E-state index contributed by atoms with van der Waals surface area (Å²) in [6, 6.07) is 10.3. The van der Waals surface area contributed by atoms with Gasteiger partial charge in [-0.25, -0.2) is 8.78 Å². The van der Waals surface area contributed by atoms with Gasteiger partial charge in [0, 0.05) is 11.6 Å². The number of hydrogen-bond acceptors (Lipinski definition) is 1. The van der Waals surface area contributed by atoms with Gasteiger partial charge in [0.15, 0.2) is 0 Å². The summed E-state index contributed by atoms with van der Waals surface area (Å²) >= 11 is 0. The van der Waals surface area contributed by atoms with Gasteiger partial charge in [0.05, 0.1) is 6.04 Å². The molecule has 0 aromatic heterocycles. The van der Waals surface area contributed by atoms with Crippen LogP contribution in [-0.2, 0) is 6.42 Å². The molecule has 1 atom stereocenters. The van der Waals surface area contributed by atoms with Crippen LogP contribution in [0.5, 0.6) is 0 Å². The first-order valence-corrected chi connectivity index (χ1v) is 6.78. The fourth-order valence-corrected chi connectivity index (χ4v) is 2.40. The highest BCUT2D eigenvalue weighted by Crippen LogP contribution is 2.27. The molecule has 0 fully saturated rings. The summed E-state index contributed by atoms with van der Waals surface area (Å²) < 4.78 is 27.4. The Labute approximate surface area is 118 Å². The van der Waals surface area contributed by atoms with E-state index < -0.39 is 11.6 Å². The molecule has 1 N–H and O–H groups in total. The molecule has 2 aromatic carbocycles. The third kappa shape index (κ3) is 2.88. The Balaban J connectivity index is 2.49. The van der Waals surface area contributed by atoms with Gasteiger partial charge in [-0.2, -0.15) is 0 Å². The van der Waals surface area contributed by atoms with Crippen LogP contribution in [0.15, 0.2) is 36.4 Å². The van der Waals surface area contributed by atoms with Gasteiger partial charge in [-0.15, -0.1) is 0 Å². The molecule has 1 nitrogen and oxygen atoms in total. The average Bonchev–Trinajstić information content (AvgIpc) is 2.45. The molecule has 2 rings (SSSR count). The zero-order valence-corrected chi connectivity index (χ0v) is 12.0. The lowest BCUT2D eigenvalue weighted by Crippen LogP contribution is -2.19. The number of benzene rings is 2. The van der Waals surface area contributed by atoms with Crippen molar-refractivity contribution in [2.75, 3.05) is 7.05 Å². The van der Waals surface area contributed by atoms with Crippen molar-refractivity contribution in [3.05, 3.63) is 70.3 Å². The van der Waals surface area contributed by atoms with E-state index in [0.717, 1.165) is 18.1 Å². The lowest BCUT2D eigenvalue weighted by atomic mass is 9.95. The maximum absolute atomic E-state index is 14.1. The van der Waals surface area contributed by atoms with Crippen molar-refractivity contribution in [3.8, 4) is 0 Å². The fraction of sp³-hybridized carbons (Fsp3) is 0.294. The van der Waals surface area contributed by atoms with E-state index in [1.165, 1.54) is 5.56 Å². The summed E-state index contributed by atoms with van der Waals surface area (Å²) in [5.41, 5.74) is 3.10. The van der Waals surface area contributed by atoms with Gasteiger partial charge < -0.3 is 5.32 Å². The topological polar surface area (TPSA) is 12.0 Å². The standard InChI is InChI=1S/C17H19F2N/c1-4-12-6-5-7-13(9-12)17(20-3)14-8-11(2)15(18)10-16(14)19/h5-10,17,20H,4H2,1-3H3. The highest BCUT2D eigenvalue weighted by atomic mass is 19.1. The second-order valence-corrected chi connectivity index (χ2v) is 4.94. The summed E-state index contributed by atoms with van der Waals surface area (Å²) in [5, 5.41) is 3.11. The molecule has 1 unspecified atom stereocenters. The molecule has 0 saturated carbocycles. The molecule has 0 radical (unpaired) electrons. The van der Waals surface area contributed by atoms with E-state index in [1.54, 1.807) is 20.0 Å². The largest absolute Gasteiger partial charge is 0.309 e. The minimum atomic E-state index is -0.519. The van der Waals surface area contributed by atoms with Crippen LogP contribution in [-0.4, -0.2) is 7.05 Å². The van der Waals surface area contributed by atoms with E-state index in [9.17, 15) is 8.78 Å². The maximum Gasteiger partial charge on any atom is 0.131 e. The van der Waals surface area contributed by atoms with Crippen molar-refractivity contribution in [1.82, 2.24) is 5.32 Å². The quantitative estimate of drug-likeness (QED) is 0.884. The van der Waals surface area contributed by atoms with Gasteiger partial charge >= 0.3 is 0 Å². The molecule has 106 valence electrons. The zero-order valence-electron chi connectivity index (χ0n) is 12.0. The molecule has 0 heterocycles. The first-order valence-electron chi connectivity index (χ1n) is 6.78. The third-order valence-electron chi connectivity index (χ3n) is 3.57. The molecule has 0 saturated heterocycles. The van der Waals surface area contributed by atoms with Crippen molar-refractivity contribution >= 4 is 0 Å². The molecule has 20 heavy (non-hydrogen) atoms. The molecular formula is C17H19F2N. The first kappa shape index (κ1) is 14.7. The van der Waals surface area contributed by atoms with E-state index in [1.807, 2.05) is 18.2 Å². The fourth-order valence-electron chi connectivity index (χ4n) is 2.40. The third-order valence-corrected chi connectivity index (χ3v) is 3.57. The number of aryl methyl sites for hydroxylation is 2. The van der Waals surface area contributed by atoms with Crippen LogP contribution in [0.1, 0.15) is 35.2 Å². The summed E-state index contributed by atoms with van der Waals surface area (Å²) in [6.45, 7) is 3.73. The summed E-state index contributed by atoms with van der Waals surface area (Å²) in [7, 11) is 1.78. The Hall–Kier alpha value is -1.74. The van der Waals surface area contributed by atoms with Crippen LogP contribution < -0.4 is 5.32 Å². The van der Waals surface area contributed by atoms with E-state index in [-0.39, 0.29) is 6.04 Å². The van der Waals surface area contributed by atoms with E-state index in [0.29, 0.717) is 11.1 Å². The van der Waals surface area contributed by atoms with Crippen LogP contribution in [0.25, 0.3) is 0 Å². The molecular weight excluding hydrogens is 256 g/mol. The normalized spacial score (nSPS) is 12.4. The molecule has 0 aliphatic heterocycles. The molecule has 0 aliphatic rings. The Morgan fingerprint density at radius 1 is 1.10 bits per heavy atom. The SMILES string of the molecule is CCc1cccc(C(NC)c2cc(C)c(F)cc2F)c1. The zero-order chi connectivity index (χ0) is 14.7. The van der Waals surface area contributed by atoms with Crippen molar-refractivity contribution < 1.29 is 8.78 Å². The monoisotopic (exact) mass is 275 g/mol. The molecule has 0 amide bonds. The summed E-state index contributed by atoms with van der Waals surface area (Å²) in [5.74, 6) is -1.03. The van der Waals surface area contributed by atoms with Crippen molar-refractivity contribution in [2.24, 2.45) is 0 Å². The summed E-state index contributed by atoms with van der Waals surface area (Å²) in [6.07, 6.45) is 0.926. The second-order valence-electron chi connectivity index (χ2n) is 4.94. The number of hydrogen-bond donors (Lipinski definition) is 1. The molecule has 0 aliphatic carbocycles. The van der Waals surface area contributed by atoms with Gasteiger partial charge in [0.1, 0.15) is 11.6 Å². The Kier molecular flexibility index (Phi) is 4.50. The smallest absolute Gasteiger partial charge is 0.131 e. The van der Waals surface area contributed by atoms with Crippen LogP contribution >= 0.6 is 0 Å². The number of halogens is 2. The van der Waals surface area contributed by atoms with Crippen molar-refractivity contribution in [3.63, 3.8) is 0 Å². The molecule has 2 aromatic rings. The second kappa shape index (κ2) is 6.14. The van der Waals surface area contributed by atoms with Gasteiger partial charge in [0.25, 0.3) is 0 Å². The lowest BCUT2D eigenvalue weighted by molar-refractivity contribution is 0.547. The van der Waals surface area contributed by atoms with Gasteiger partial charge in [-0.1, -0.05) is 31.2 Å². The van der Waals surface area contributed by atoms with Gasteiger partial charge in [-0.3, -0.25) is 0 Å². The lowest BCUT2D eigenvalue weighted by Gasteiger charge is -2.19. The van der Waals surface area contributed by atoms with Crippen LogP contribution in [0.4, 0.5) is 8.78 Å². The van der Waals surface area contributed by atoms with Crippen molar-refractivity contribution in [2.45, 2.75) is 26.3 Å². The first-order chi connectivity index (χ1) is 9.56. The minimum Gasteiger partial charge on any atom is -0.309 e. The van der Waals surface area contributed by atoms with Crippen LogP contribution in [0.3, 0.4) is 0 Å². The van der Waals surface area contributed by atoms with Crippen molar-refractivity contribution in [1.29, 1.82) is 0 Å². The molecule has 0 bridgehead atoms. The number of rotatable bonds is 4. The van der Waals surface area contributed by atoms with E-state index in [4.69, 9.17) is 0 Å². The molecule has 0 spiro atoms.